The largest absolute Gasteiger partial charge is 0.454 e. The van der Waals surface area contributed by atoms with Crippen LogP contribution in [0.25, 0.3) is 0 Å². The lowest BCUT2D eigenvalue weighted by atomic mass is 10.00. The van der Waals surface area contributed by atoms with E-state index in [1.807, 2.05) is 24.3 Å². The van der Waals surface area contributed by atoms with E-state index >= 15 is 0 Å². The lowest BCUT2D eigenvalue weighted by Crippen LogP contribution is -2.31. The summed E-state index contributed by atoms with van der Waals surface area (Å²) in [5, 5.41) is 3.25. The molecule has 2 aliphatic rings. The molecule has 0 fully saturated rings. The first-order chi connectivity index (χ1) is 12.8. The molecule has 0 unspecified atom stereocenters. The van der Waals surface area contributed by atoms with Crippen LogP contribution in [0.4, 0.5) is 17.5 Å². The molecular formula is C20H18N4O2. The first-order valence-electron chi connectivity index (χ1n) is 8.67. The smallest absolute Gasteiger partial charge is 0.231 e. The Bertz CT molecular complexity index is 960. The Kier molecular flexibility index (Phi) is 3.59. The van der Waals surface area contributed by atoms with E-state index in [0.29, 0.717) is 5.95 Å². The van der Waals surface area contributed by atoms with Crippen molar-refractivity contribution in [2.45, 2.75) is 13.0 Å². The fourth-order valence-electron chi connectivity index (χ4n) is 3.38. The average Bonchev–Trinajstić information content (AvgIpc) is 3.16. The van der Waals surface area contributed by atoms with Gasteiger partial charge in [0.05, 0.1) is 0 Å². The highest BCUT2D eigenvalue weighted by Crippen LogP contribution is 2.35. The minimum absolute atomic E-state index is 0.265. The van der Waals surface area contributed by atoms with Crippen LogP contribution in [-0.2, 0) is 13.0 Å². The molecule has 0 aliphatic carbocycles. The molecule has 0 saturated carbocycles. The second-order valence-electron chi connectivity index (χ2n) is 6.37. The number of ether oxygens (including phenoxy) is 2. The van der Waals surface area contributed by atoms with Crippen LogP contribution in [0.1, 0.15) is 11.1 Å². The molecule has 0 atom stereocenters. The molecule has 1 N–H and O–H groups in total. The highest BCUT2D eigenvalue weighted by molar-refractivity contribution is 5.61. The quantitative estimate of drug-likeness (QED) is 0.783. The summed E-state index contributed by atoms with van der Waals surface area (Å²) >= 11 is 0. The Labute approximate surface area is 151 Å². The molecule has 1 aromatic heterocycles. The van der Waals surface area contributed by atoms with E-state index in [0.717, 1.165) is 42.5 Å². The third kappa shape index (κ3) is 2.79. The van der Waals surface area contributed by atoms with Crippen LogP contribution >= 0.6 is 0 Å². The molecule has 0 spiro atoms. The number of benzene rings is 2. The summed E-state index contributed by atoms with van der Waals surface area (Å²) in [6.45, 7) is 2.09. The van der Waals surface area contributed by atoms with E-state index < -0.39 is 0 Å². The molecule has 0 radical (unpaired) electrons. The van der Waals surface area contributed by atoms with Crippen LogP contribution in [0.2, 0.25) is 0 Å². The van der Waals surface area contributed by atoms with Crippen LogP contribution in [0.3, 0.4) is 0 Å². The van der Waals surface area contributed by atoms with Gasteiger partial charge >= 0.3 is 0 Å². The van der Waals surface area contributed by atoms with E-state index in [1.54, 1.807) is 6.20 Å². The molecule has 0 bridgehead atoms. The van der Waals surface area contributed by atoms with Gasteiger partial charge in [-0.3, -0.25) is 0 Å². The molecule has 130 valence electrons. The van der Waals surface area contributed by atoms with Crippen LogP contribution in [0, 0.1) is 0 Å². The van der Waals surface area contributed by atoms with Crippen molar-refractivity contribution in [3.63, 3.8) is 0 Å². The van der Waals surface area contributed by atoms with Gasteiger partial charge in [-0.05, 0) is 35.7 Å². The Morgan fingerprint density at radius 1 is 0.962 bits per heavy atom. The predicted molar refractivity (Wildman–Crippen MR) is 99.1 cm³/mol. The zero-order chi connectivity index (χ0) is 17.3. The fourth-order valence-corrected chi connectivity index (χ4v) is 3.38. The van der Waals surface area contributed by atoms with Gasteiger partial charge in [-0.1, -0.05) is 24.3 Å². The molecular weight excluding hydrogens is 328 g/mol. The molecule has 2 aliphatic heterocycles. The summed E-state index contributed by atoms with van der Waals surface area (Å²) in [5.41, 5.74) is 3.66. The van der Waals surface area contributed by atoms with Gasteiger partial charge in [0.25, 0.3) is 0 Å². The van der Waals surface area contributed by atoms with Crippen molar-refractivity contribution in [3.05, 3.63) is 65.9 Å². The number of nitrogens with one attached hydrogen (secondary N) is 1. The highest BCUT2D eigenvalue weighted by Gasteiger charge is 2.18. The number of fused-ring (bicyclic) bond motifs is 2. The van der Waals surface area contributed by atoms with Gasteiger partial charge in [0, 0.05) is 31.0 Å². The van der Waals surface area contributed by atoms with Crippen molar-refractivity contribution < 1.29 is 9.47 Å². The van der Waals surface area contributed by atoms with Crippen molar-refractivity contribution in [2.75, 3.05) is 23.6 Å². The van der Waals surface area contributed by atoms with Gasteiger partial charge in [0.2, 0.25) is 12.7 Å². The zero-order valence-corrected chi connectivity index (χ0v) is 14.2. The third-order valence-electron chi connectivity index (χ3n) is 4.72. The third-order valence-corrected chi connectivity index (χ3v) is 4.72. The van der Waals surface area contributed by atoms with Crippen LogP contribution in [-0.4, -0.2) is 23.3 Å². The molecule has 6 heteroatoms. The average molecular weight is 346 g/mol. The Balaban J connectivity index is 1.36. The van der Waals surface area contributed by atoms with Gasteiger partial charge in [-0.25, -0.2) is 4.98 Å². The second-order valence-corrected chi connectivity index (χ2v) is 6.37. The lowest BCUT2D eigenvalue weighted by molar-refractivity contribution is 0.174. The molecule has 6 nitrogen and oxygen atoms in total. The summed E-state index contributed by atoms with van der Waals surface area (Å²) in [5.74, 6) is 2.99. The maximum atomic E-state index is 5.42. The van der Waals surface area contributed by atoms with E-state index in [-0.39, 0.29) is 6.79 Å². The minimum Gasteiger partial charge on any atom is -0.454 e. The van der Waals surface area contributed by atoms with E-state index in [4.69, 9.17) is 9.47 Å². The fraction of sp³-hybridized carbons (Fsp3) is 0.200. The molecule has 5 rings (SSSR count). The van der Waals surface area contributed by atoms with Gasteiger partial charge in [0.15, 0.2) is 11.5 Å². The minimum atomic E-state index is 0.265. The number of anilines is 3. The second kappa shape index (κ2) is 6.22. The first-order valence-corrected chi connectivity index (χ1v) is 8.67. The summed E-state index contributed by atoms with van der Waals surface area (Å²) in [4.78, 5) is 11.3. The predicted octanol–water partition coefficient (Wildman–Crippen LogP) is 3.51. The summed E-state index contributed by atoms with van der Waals surface area (Å²) < 4.78 is 10.8. The van der Waals surface area contributed by atoms with Crippen LogP contribution in [0.5, 0.6) is 11.5 Å². The van der Waals surface area contributed by atoms with Gasteiger partial charge in [-0.2, -0.15) is 4.98 Å². The van der Waals surface area contributed by atoms with E-state index in [2.05, 4.69) is 44.5 Å². The summed E-state index contributed by atoms with van der Waals surface area (Å²) in [7, 11) is 0. The number of nitrogens with zero attached hydrogens (tertiary/aromatic N) is 3. The highest BCUT2D eigenvalue weighted by atomic mass is 16.7. The van der Waals surface area contributed by atoms with Crippen molar-refractivity contribution >= 4 is 17.5 Å². The summed E-state index contributed by atoms with van der Waals surface area (Å²) in [6.07, 6.45) is 2.82. The molecule has 2 aromatic carbocycles. The Morgan fingerprint density at radius 2 is 1.85 bits per heavy atom. The number of hydrogen-bond donors (Lipinski definition) is 1. The molecule has 0 amide bonds. The van der Waals surface area contributed by atoms with Crippen LogP contribution in [0.15, 0.2) is 54.7 Å². The Hall–Kier alpha value is -3.28. The van der Waals surface area contributed by atoms with Crippen molar-refractivity contribution in [2.24, 2.45) is 0 Å². The summed E-state index contributed by atoms with van der Waals surface area (Å²) in [6, 6.07) is 16.3. The monoisotopic (exact) mass is 346 g/mol. The zero-order valence-electron chi connectivity index (χ0n) is 14.2. The van der Waals surface area contributed by atoms with E-state index in [9.17, 15) is 0 Å². The molecule has 26 heavy (non-hydrogen) atoms. The number of aromatic nitrogens is 2. The molecule has 3 heterocycles. The topological polar surface area (TPSA) is 59.5 Å². The normalized spacial score (nSPS) is 14.8. The van der Waals surface area contributed by atoms with Crippen molar-refractivity contribution in [3.8, 4) is 11.5 Å². The standard InChI is InChI=1S/C20H18N4O2/c1-2-4-15-12-24(10-8-14(15)3-1)19-7-9-21-20(23-19)22-16-5-6-17-18(11-16)26-13-25-17/h1-7,9,11H,8,10,12-13H2,(H,21,22,23). The van der Waals surface area contributed by atoms with E-state index in [1.165, 1.54) is 11.1 Å². The van der Waals surface area contributed by atoms with Gasteiger partial charge < -0.3 is 19.7 Å². The first kappa shape index (κ1) is 15.0. The SMILES string of the molecule is c1ccc2c(c1)CCN(c1ccnc(Nc3ccc4c(c3)OCO4)n1)C2. The van der Waals surface area contributed by atoms with Gasteiger partial charge in [-0.15, -0.1) is 0 Å². The number of hydrogen-bond acceptors (Lipinski definition) is 6. The van der Waals surface area contributed by atoms with Gasteiger partial charge in [0.1, 0.15) is 5.82 Å². The maximum Gasteiger partial charge on any atom is 0.231 e. The van der Waals surface area contributed by atoms with Crippen LogP contribution < -0.4 is 19.7 Å². The van der Waals surface area contributed by atoms with Crippen molar-refractivity contribution in [1.29, 1.82) is 0 Å². The molecule has 0 saturated heterocycles. The lowest BCUT2D eigenvalue weighted by Gasteiger charge is -2.29. The van der Waals surface area contributed by atoms with Crippen molar-refractivity contribution in [1.82, 2.24) is 9.97 Å². The number of rotatable bonds is 3. The maximum absolute atomic E-state index is 5.42. The Morgan fingerprint density at radius 3 is 2.81 bits per heavy atom. The molecule has 3 aromatic rings.